The van der Waals surface area contributed by atoms with Gasteiger partial charge in [0.05, 0.1) is 5.56 Å². The van der Waals surface area contributed by atoms with Crippen molar-refractivity contribution in [2.75, 3.05) is 20.1 Å². The molecule has 0 saturated heterocycles. The minimum Gasteiger partial charge on any atom is -0.478 e. The van der Waals surface area contributed by atoms with E-state index >= 15 is 0 Å². The zero-order valence-electron chi connectivity index (χ0n) is 10.8. The van der Waals surface area contributed by atoms with Gasteiger partial charge in [0, 0.05) is 25.2 Å². The second-order valence-electron chi connectivity index (χ2n) is 4.34. The van der Waals surface area contributed by atoms with Crippen molar-refractivity contribution < 1.29 is 19.1 Å². The average Bonchev–Trinajstić information content (AvgIpc) is 2.77. The molecule has 0 aliphatic carbocycles. The van der Waals surface area contributed by atoms with Crippen LogP contribution in [0.3, 0.4) is 0 Å². The zero-order chi connectivity index (χ0) is 13.7. The van der Waals surface area contributed by atoms with Crippen LogP contribution in [0.5, 0.6) is 0 Å². The monoisotopic (exact) mass is 254 g/mol. The molecule has 0 radical (unpaired) electrons. The largest absolute Gasteiger partial charge is 0.478 e. The Morgan fingerprint density at radius 3 is 2.67 bits per heavy atom. The third-order valence-corrected chi connectivity index (χ3v) is 2.70. The predicted octanol–water partition coefficient (Wildman–Crippen LogP) is 1.05. The van der Waals surface area contributed by atoms with Crippen LogP contribution in [-0.2, 0) is 0 Å². The fourth-order valence-corrected chi connectivity index (χ4v) is 1.26. The Balaban J connectivity index is 2.43. The molecular formula is C12H18N2O4. The lowest BCUT2D eigenvalue weighted by molar-refractivity contribution is 0.0696. The summed E-state index contributed by atoms with van der Waals surface area (Å²) < 4.78 is 4.89. The molecule has 100 valence electrons. The molecule has 0 aliphatic rings. The number of carbonyl (C=O) groups excluding carboxylic acids is 1. The highest BCUT2D eigenvalue weighted by Gasteiger charge is 2.14. The van der Waals surface area contributed by atoms with Gasteiger partial charge in [-0.25, -0.2) is 4.79 Å². The number of rotatable bonds is 6. The van der Waals surface area contributed by atoms with Crippen molar-refractivity contribution in [3.05, 3.63) is 23.7 Å². The van der Waals surface area contributed by atoms with Gasteiger partial charge in [-0.1, -0.05) is 0 Å². The van der Waals surface area contributed by atoms with Crippen LogP contribution in [0.2, 0.25) is 0 Å². The van der Waals surface area contributed by atoms with E-state index in [-0.39, 0.29) is 11.3 Å². The SMILES string of the molecule is CC(C)N(C)CCNC(=O)c1cc(C(=O)O)co1. The van der Waals surface area contributed by atoms with E-state index in [2.05, 4.69) is 24.1 Å². The van der Waals surface area contributed by atoms with E-state index in [9.17, 15) is 9.59 Å². The van der Waals surface area contributed by atoms with E-state index in [1.165, 1.54) is 6.07 Å². The molecule has 1 aromatic rings. The van der Waals surface area contributed by atoms with Crippen molar-refractivity contribution in [3.8, 4) is 0 Å². The topological polar surface area (TPSA) is 82.8 Å². The summed E-state index contributed by atoms with van der Waals surface area (Å²) in [4.78, 5) is 24.3. The quantitative estimate of drug-likeness (QED) is 0.792. The minimum atomic E-state index is -1.11. The lowest BCUT2D eigenvalue weighted by atomic mass is 10.3. The normalized spacial score (nSPS) is 10.9. The predicted molar refractivity (Wildman–Crippen MR) is 65.8 cm³/mol. The van der Waals surface area contributed by atoms with Crippen LogP contribution in [-0.4, -0.2) is 48.1 Å². The first-order chi connectivity index (χ1) is 8.41. The molecule has 18 heavy (non-hydrogen) atoms. The number of carboxylic acid groups (broad SMARTS) is 1. The van der Waals surface area contributed by atoms with Gasteiger partial charge < -0.3 is 19.7 Å². The van der Waals surface area contributed by atoms with Crippen molar-refractivity contribution in [3.63, 3.8) is 0 Å². The number of carboxylic acids is 1. The summed E-state index contributed by atoms with van der Waals surface area (Å²) in [5.74, 6) is -1.50. The Bertz CT molecular complexity index is 425. The third kappa shape index (κ3) is 3.89. The Hall–Kier alpha value is -1.82. The minimum absolute atomic E-state index is 0.0135. The van der Waals surface area contributed by atoms with Gasteiger partial charge >= 0.3 is 5.97 Å². The Morgan fingerprint density at radius 2 is 2.17 bits per heavy atom. The molecule has 0 atom stereocenters. The van der Waals surface area contributed by atoms with Crippen LogP contribution in [0.1, 0.15) is 34.8 Å². The van der Waals surface area contributed by atoms with E-state index in [1.54, 1.807) is 0 Å². The number of furan rings is 1. The summed E-state index contributed by atoms with van der Waals surface area (Å²) in [5.41, 5.74) is -0.0283. The molecule has 0 unspecified atom stereocenters. The molecule has 0 bridgehead atoms. The number of likely N-dealkylation sites (N-methyl/N-ethyl adjacent to an activating group) is 1. The maximum atomic E-state index is 11.6. The highest BCUT2D eigenvalue weighted by Crippen LogP contribution is 2.07. The van der Waals surface area contributed by atoms with E-state index in [0.29, 0.717) is 12.6 Å². The van der Waals surface area contributed by atoms with Crippen LogP contribution < -0.4 is 5.32 Å². The molecule has 0 aliphatic heterocycles. The number of nitrogens with one attached hydrogen (secondary N) is 1. The molecule has 0 spiro atoms. The van der Waals surface area contributed by atoms with Crippen LogP contribution in [0.25, 0.3) is 0 Å². The molecular weight excluding hydrogens is 236 g/mol. The van der Waals surface area contributed by atoms with Crippen molar-refractivity contribution >= 4 is 11.9 Å². The molecule has 6 heteroatoms. The van der Waals surface area contributed by atoms with Crippen LogP contribution in [0.15, 0.2) is 16.7 Å². The zero-order valence-corrected chi connectivity index (χ0v) is 10.8. The average molecular weight is 254 g/mol. The van der Waals surface area contributed by atoms with Crippen molar-refractivity contribution in [1.29, 1.82) is 0 Å². The first-order valence-corrected chi connectivity index (χ1v) is 5.72. The Kier molecular flexibility index (Phi) is 4.91. The number of hydrogen-bond donors (Lipinski definition) is 2. The second-order valence-corrected chi connectivity index (χ2v) is 4.34. The van der Waals surface area contributed by atoms with Gasteiger partial charge in [-0.3, -0.25) is 4.79 Å². The van der Waals surface area contributed by atoms with Crippen molar-refractivity contribution in [2.45, 2.75) is 19.9 Å². The molecule has 1 aromatic heterocycles. The van der Waals surface area contributed by atoms with E-state index in [1.807, 2.05) is 7.05 Å². The lowest BCUT2D eigenvalue weighted by Gasteiger charge is -2.20. The maximum Gasteiger partial charge on any atom is 0.338 e. The fraction of sp³-hybridized carbons (Fsp3) is 0.500. The smallest absolute Gasteiger partial charge is 0.338 e. The highest BCUT2D eigenvalue weighted by atomic mass is 16.4. The first-order valence-electron chi connectivity index (χ1n) is 5.72. The number of aromatic carboxylic acids is 1. The van der Waals surface area contributed by atoms with Gasteiger partial charge in [0.1, 0.15) is 6.26 Å². The van der Waals surface area contributed by atoms with Crippen molar-refractivity contribution in [1.82, 2.24) is 10.2 Å². The first kappa shape index (κ1) is 14.2. The number of hydrogen-bond acceptors (Lipinski definition) is 4. The lowest BCUT2D eigenvalue weighted by Crippen LogP contribution is -2.36. The maximum absolute atomic E-state index is 11.6. The molecule has 0 fully saturated rings. The number of nitrogens with zero attached hydrogens (tertiary/aromatic N) is 1. The van der Waals surface area contributed by atoms with Gasteiger partial charge in [-0.05, 0) is 20.9 Å². The van der Waals surface area contributed by atoms with E-state index < -0.39 is 11.9 Å². The van der Waals surface area contributed by atoms with E-state index in [0.717, 1.165) is 12.8 Å². The fourth-order valence-electron chi connectivity index (χ4n) is 1.26. The van der Waals surface area contributed by atoms with Crippen LogP contribution >= 0.6 is 0 Å². The second kappa shape index (κ2) is 6.20. The molecule has 1 heterocycles. The number of amides is 1. The van der Waals surface area contributed by atoms with Gasteiger partial charge in [-0.15, -0.1) is 0 Å². The Labute approximate surface area is 106 Å². The third-order valence-electron chi connectivity index (χ3n) is 2.70. The van der Waals surface area contributed by atoms with Gasteiger partial charge in [0.25, 0.3) is 5.91 Å². The molecule has 6 nitrogen and oxygen atoms in total. The standard InChI is InChI=1S/C12H18N2O4/c1-8(2)14(3)5-4-13-11(15)10-6-9(7-18-10)12(16)17/h6-8H,4-5H2,1-3H3,(H,13,15)(H,16,17). The number of carbonyl (C=O) groups is 2. The molecule has 1 rings (SSSR count). The van der Waals surface area contributed by atoms with Crippen molar-refractivity contribution in [2.24, 2.45) is 0 Å². The van der Waals surface area contributed by atoms with Gasteiger partial charge in [0.15, 0.2) is 5.76 Å². The highest BCUT2D eigenvalue weighted by molar-refractivity contribution is 5.95. The molecule has 0 saturated carbocycles. The van der Waals surface area contributed by atoms with E-state index in [4.69, 9.17) is 9.52 Å². The van der Waals surface area contributed by atoms with Gasteiger partial charge in [-0.2, -0.15) is 0 Å². The summed E-state index contributed by atoms with van der Waals surface area (Å²) in [5, 5.41) is 11.4. The molecule has 2 N–H and O–H groups in total. The summed E-state index contributed by atoms with van der Waals surface area (Å²) >= 11 is 0. The summed E-state index contributed by atoms with van der Waals surface area (Å²) in [6.45, 7) is 5.33. The van der Waals surface area contributed by atoms with Gasteiger partial charge in [0.2, 0.25) is 0 Å². The molecule has 0 aromatic carbocycles. The van der Waals surface area contributed by atoms with Crippen LogP contribution in [0.4, 0.5) is 0 Å². The molecule has 1 amide bonds. The summed E-state index contributed by atoms with van der Waals surface area (Å²) in [6, 6.07) is 1.62. The Morgan fingerprint density at radius 1 is 1.50 bits per heavy atom. The summed E-state index contributed by atoms with van der Waals surface area (Å²) in [7, 11) is 1.96. The summed E-state index contributed by atoms with van der Waals surface area (Å²) in [6.07, 6.45) is 1.05. The van der Waals surface area contributed by atoms with Crippen LogP contribution in [0, 0.1) is 0 Å².